The van der Waals surface area contributed by atoms with E-state index in [0.717, 1.165) is 35.8 Å². The smallest absolute Gasteiger partial charge is 0.181 e. The molecule has 0 saturated carbocycles. The van der Waals surface area contributed by atoms with Crippen LogP contribution in [0.5, 0.6) is 0 Å². The van der Waals surface area contributed by atoms with Gasteiger partial charge in [0.15, 0.2) is 6.10 Å². The average molecular weight is 252 g/mol. The fourth-order valence-electron chi connectivity index (χ4n) is 1.81. The molecule has 1 aliphatic rings. The van der Waals surface area contributed by atoms with Crippen molar-refractivity contribution < 1.29 is 10.2 Å². The maximum absolute atomic E-state index is 6.12. The Morgan fingerprint density at radius 2 is 2.35 bits per heavy atom. The Bertz CT molecular complexity index is 431. The minimum absolute atomic E-state index is 0.140. The van der Waals surface area contributed by atoms with Gasteiger partial charge in [0.1, 0.15) is 6.54 Å². The lowest BCUT2D eigenvalue weighted by atomic mass is 10.1. The van der Waals surface area contributed by atoms with Crippen LogP contribution >= 0.6 is 11.6 Å². The van der Waals surface area contributed by atoms with Gasteiger partial charge in [-0.2, -0.15) is 0 Å². The monoisotopic (exact) mass is 251 g/mol. The highest BCUT2D eigenvalue weighted by atomic mass is 35.5. The molecule has 1 aromatic carbocycles. The number of nitrogens with two attached hydrogens (primary N) is 1. The molecule has 0 spiro atoms. The van der Waals surface area contributed by atoms with Gasteiger partial charge in [0.05, 0.1) is 12.3 Å². The molecule has 4 heteroatoms. The topological polar surface area (TPSA) is 38.2 Å². The van der Waals surface area contributed by atoms with Crippen LogP contribution in [-0.2, 0) is 4.84 Å². The van der Waals surface area contributed by atoms with Crippen LogP contribution in [0.3, 0.4) is 0 Å². The second kappa shape index (κ2) is 5.84. The van der Waals surface area contributed by atoms with Gasteiger partial charge in [-0.3, -0.25) is 0 Å². The predicted molar refractivity (Wildman–Crippen MR) is 69.3 cm³/mol. The third-order valence-corrected chi connectivity index (χ3v) is 3.01. The molecule has 0 unspecified atom stereocenters. The van der Waals surface area contributed by atoms with Crippen LogP contribution < -0.4 is 5.32 Å². The van der Waals surface area contributed by atoms with E-state index in [-0.39, 0.29) is 6.10 Å². The number of benzene rings is 1. The van der Waals surface area contributed by atoms with E-state index in [1.165, 1.54) is 0 Å². The van der Waals surface area contributed by atoms with Gasteiger partial charge in [-0.05, 0) is 12.1 Å². The molecule has 0 fully saturated rings. The van der Waals surface area contributed by atoms with E-state index in [0.29, 0.717) is 0 Å². The number of hydrogen-bond acceptors (Lipinski definition) is 2. The zero-order chi connectivity index (χ0) is 12.1. The molecule has 1 aromatic rings. The van der Waals surface area contributed by atoms with Crippen molar-refractivity contribution in [3.8, 4) is 0 Å². The van der Waals surface area contributed by atoms with Crippen molar-refractivity contribution in [3.63, 3.8) is 0 Å². The normalized spacial score (nSPS) is 18.6. The summed E-state index contributed by atoms with van der Waals surface area (Å²) in [5, 5.41) is 7.00. The second-order valence-electron chi connectivity index (χ2n) is 4.00. The largest absolute Gasteiger partial charge is 0.386 e. The number of halogens is 1. The van der Waals surface area contributed by atoms with Gasteiger partial charge in [0.2, 0.25) is 0 Å². The summed E-state index contributed by atoms with van der Waals surface area (Å²) in [5.41, 5.74) is 1.91. The first-order chi connectivity index (χ1) is 8.31. The first kappa shape index (κ1) is 12.1. The summed E-state index contributed by atoms with van der Waals surface area (Å²) < 4.78 is 0. The fraction of sp³-hybridized carbons (Fsp3) is 0.308. The Balaban J connectivity index is 1.93. The van der Waals surface area contributed by atoms with E-state index in [1.54, 1.807) is 0 Å². The van der Waals surface area contributed by atoms with Crippen molar-refractivity contribution in [3.05, 3.63) is 47.5 Å². The van der Waals surface area contributed by atoms with Gasteiger partial charge in [0.25, 0.3) is 0 Å². The summed E-state index contributed by atoms with van der Waals surface area (Å²) in [6.45, 7) is 5.48. The minimum Gasteiger partial charge on any atom is -0.386 e. The third kappa shape index (κ3) is 3.08. The third-order valence-electron chi connectivity index (χ3n) is 2.68. The lowest BCUT2D eigenvalue weighted by molar-refractivity contribution is -0.652. The number of nitrogens with zero attached hydrogens (tertiary/aromatic N) is 1. The van der Waals surface area contributed by atoms with Crippen molar-refractivity contribution >= 4 is 17.3 Å². The average Bonchev–Trinajstić information content (AvgIpc) is 2.79. The van der Waals surface area contributed by atoms with Crippen LogP contribution in [-0.4, -0.2) is 24.9 Å². The summed E-state index contributed by atoms with van der Waals surface area (Å²) in [4.78, 5) is 5.39. The first-order valence-electron chi connectivity index (χ1n) is 5.71. The number of rotatable bonds is 5. The minimum atomic E-state index is 0.140. The fourth-order valence-corrected chi connectivity index (χ4v) is 2.05. The summed E-state index contributed by atoms with van der Waals surface area (Å²) in [7, 11) is 0. The van der Waals surface area contributed by atoms with Crippen LogP contribution in [0, 0.1) is 0 Å². The van der Waals surface area contributed by atoms with Crippen molar-refractivity contribution in [2.24, 2.45) is 5.16 Å². The maximum Gasteiger partial charge on any atom is 0.181 e. The molecule has 2 N–H and O–H groups in total. The first-order valence-corrected chi connectivity index (χ1v) is 6.09. The SMILES string of the molecule is C=CC[NH2+]C[C@@H]1CC(c2ccccc2Cl)=NO1. The predicted octanol–water partition coefficient (Wildman–Crippen LogP) is 1.58. The van der Waals surface area contributed by atoms with E-state index in [2.05, 4.69) is 17.1 Å². The van der Waals surface area contributed by atoms with Crippen molar-refractivity contribution in [1.82, 2.24) is 0 Å². The standard InChI is InChI=1S/C13H15ClN2O/c1-2-7-15-9-10-8-13(16-17-10)11-5-3-4-6-12(11)14/h2-6,10,15H,1,7-9H2/p+1/t10-/m0/s1. The Kier molecular flexibility index (Phi) is 4.18. The molecule has 0 radical (unpaired) electrons. The van der Waals surface area contributed by atoms with E-state index in [9.17, 15) is 0 Å². The molecule has 90 valence electrons. The van der Waals surface area contributed by atoms with Crippen molar-refractivity contribution in [2.45, 2.75) is 12.5 Å². The lowest BCUT2D eigenvalue weighted by Gasteiger charge is -2.05. The summed E-state index contributed by atoms with van der Waals surface area (Å²) in [6, 6.07) is 7.72. The van der Waals surface area contributed by atoms with Crippen molar-refractivity contribution in [1.29, 1.82) is 0 Å². The molecule has 0 amide bonds. The summed E-state index contributed by atoms with van der Waals surface area (Å²) in [6.07, 6.45) is 2.84. The molecule has 1 aliphatic heterocycles. The number of hydrogen-bond donors (Lipinski definition) is 1. The molecule has 0 aliphatic carbocycles. The highest BCUT2D eigenvalue weighted by Crippen LogP contribution is 2.22. The Labute approximate surface area is 106 Å². The number of oxime groups is 1. The zero-order valence-electron chi connectivity index (χ0n) is 9.60. The van der Waals surface area contributed by atoms with Gasteiger partial charge in [-0.1, -0.05) is 41.5 Å². The highest BCUT2D eigenvalue weighted by molar-refractivity contribution is 6.34. The molecule has 1 heterocycles. The molecule has 17 heavy (non-hydrogen) atoms. The molecular weight excluding hydrogens is 236 g/mol. The van der Waals surface area contributed by atoms with Gasteiger partial charge >= 0.3 is 0 Å². The van der Waals surface area contributed by atoms with Crippen molar-refractivity contribution in [2.75, 3.05) is 13.1 Å². The molecule has 3 nitrogen and oxygen atoms in total. The van der Waals surface area contributed by atoms with Crippen LogP contribution in [0.2, 0.25) is 5.02 Å². The van der Waals surface area contributed by atoms with E-state index in [4.69, 9.17) is 16.4 Å². The van der Waals surface area contributed by atoms with Gasteiger partial charge in [-0.25, -0.2) is 0 Å². The van der Waals surface area contributed by atoms with E-state index in [1.807, 2.05) is 30.3 Å². The van der Waals surface area contributed by atoms with Gasteiger partial charge in [0, 0.05) is 17.0 Å². The highest BCUT2D eigenvalue weighted by Gasteiger charge is 2.24. The van der Waals surface area contributed by atoms with Crippen LogP contribution in [0.1, 0.15) is 12.0 Å². The quantitative estimate of drug-likeness (QED) is 0.626. The number of quaternary nitrogens is 1. The van der Waals surface area contributed by atoms with Crippen LogP contribution in [0.25, 0.3) is 0 Å². The Morgan fingerprint density at radius 3 is 3.12 bits per heavy atom. The summed E-state index contributed by atoms with van der Waals surface area (Å²) >= 11 is 6.12. The Morgan fingerprint density at radius 1 is 1.53 bits per heavy atom. The van der Waals surface area contributed by atoms with Gasteiger partial charge < -0.3 is 10.2 Å². The van der Waals surface area contributed by atoms with Crippen LogP contribution in [0.15, 0.2) is 42.1 Å². The van der Waals surface area contributed by atoms with E-state index >= 15 is 0 Å². The molecule has 0 saturated heterocycles. The van der Waals surface area contributed by atoms with Gasteiger partial charge in [-0.15, -0.1) is 0 Å². The molecule has 0 bridgehead atoms. The lowest BCUT2D eigenvalue weighted by Crippen LogP contribution is -2.86. The Hall–Kier alpha value is -1.32. The van der Waals surface area contributed by atoms with E-state index < -0.39 is 0 Å². The summed E-state index contributed by atoms with van der Waals surface area (Å²) in [5.74, 6) is 0. The maximum atomic E-state index is 6.12. The molecule has 2 rings (SSSR count). The second-order valence-corrected chi connectivity index (χ2v) is 4.41. The molecule has 0 aromatic heterocycles. The van der Waals surface area contributed by atoms with Crippen LogP contribution in [0.4, 0.5) is 0 Å². The zero-order valence-corrected chi connectivity index (χ0v) is 10.4. The molecule has 1 atom stereocenters. The molecular formula is C13H16ClN2O+.